The third-order valence-corrected chi connectivity index (χ3v) is 3.96. The molecule has 1 aromatic heterocycles. The van der Waals surface area contributed by atoms with Gasteiger partial charge in [-0.25, -0.2) is 4.99 Å². The zero-order chi connectivity index (χ0) is 13.9. The van der Waals surface area contributed by atoms with Gasteiger partial charge in [0, 0.05) is 10.5 Å². The highest BCUT2D eigenvalue weighted by atomic mass is 79.9. The van der Waals surface area contributed by atoms with Gasteiger partial charge in [0.1, 0.15) is 5.76 Å². The van der Waals surface area contributed by atoms with E-state index in [-0.39, 0.29) is 5.91 Å². The third kappa shape index (κ3) is 3.02. The van der Waals surface area contributed by atoms with E-state index < -0.39 is 0 Å². The molecule has 1 amide bonds. The van der Waals surface area contributed by atoms with Gasteiger partial charge in [-0.3, -0.25) is 4.79 Å². The Bertz CT molecular complexity index is 690. The predicted molar refractivity (Wildman–Crippen MR) is 83.7 cm³/mol. The fourth-order valence-corrected chi connectivity index (χ4v) is 2.70. The monoisotopic (exact) mass is 348 g/mol. The number of hydrogen-bond donors (Lipinski definition) is 1. The summed E-state index contributed by atoms with van der Waals surface area (Å²) in [6, 6.07) is 11.1. The number of hydrogen-bond acceptors (Lipinski definition) is 4. The normalized spacial score (nSPS) is 18.8. The second-order valence-electron chi connectivity index (χ2n) is 3.97. The number of nitrogens with zero attached hydrogens (tertiary/aromatic N) is 1. The van der Waals surface area contributed by atoms with E-state index in [2.05, 4.69) is 26.2 Å². The first-order valence-corrected chi connectivity index (χ1v) is 7.40. The van der Waals surface area contributed by atoms with Crippen molar-refractivity contribution in [2.24, 2.45) is 4.99 Å². The number of amides is 1. The fourth-order valence-electron chi connectivity index (χ4n) is 1.62. The zero-order valence-electron chi connectivity index (χ0n) is 10.2. The minimum absolute atomic E-state index is 0.165. The lowest BCUT2D eigenvalue weighted by atomic mass is 10.3. The Kier molecular flexibility index (Phi) is 3.75. The van der Waals surface area contributed by atoms with E-state index in [1.165, 1.54) is 11.8 Å². The van der Waals surface area contributed by atoms with Crippen LogP contribution in [0.2, 0.25) is 0 Å². The number of nitrogens with one attached hydrogen (secondary N) is 1. The molecule has 1 aliphatic heterocycles. The molecule has 3 rings (SSSR count). The maximum atomic E-state index is 11.8. The number of amidine groups is 1. The van der Waals surface area contributed by atoms with E-state index in [1.807, 2.05) is 24.3 Å². The molecule has 20 heavy (non-hydrogen) atoms. The lowest BCUT2D eigenvalue weighted by Crippen LogP contribution is -2.19. The van der Waals surface area contributed by atoms with Crippen molar-refractivity contribution in [2.75, 3.05) is 0 Å². The Morgan fingerprint density at radius 2 is 2.05 bits per heavy atom. The maximum absolute atomic E-state index is 11.8. The fraction of sp³-hybridized carbons (Fsp3) is 0. The molecule has 0 radical (unpaired) electrons. The smallest absolute Gasteiger partial charge is 0.264 e. The van der Waals surface area contributed by atoms with Crippen LogP contribution < -0.4 is 5.32 Å². The minimum atomic E-state index is -0.165. The number of thioether (sulfide) groups is 1. The van der Waals surface area contributed by atoms with Crippen LogP contribution in [0.3, 0.4) is 0 Å². The Hall–Kier alpha value is -1.79. The van der Waals surface area contributed by atoms with Gasteiger partial charge in [-0.1, -0.05) is 15.9 Å². The van der Waals surface area contributed by atoms with Gasteiger partial charge in [0.25, 0.3) is 5.91 Å². The van der Waals surface area contributed by atoms with Crippen LogP contribution in [0.1, 0.15) is 5.76 Å². The summed E-state index contributed by atoms with van der Waals surface area (Å²) in [5, 5.41) is 3.30. The zero-order valence-corrected chi connectivity index (χ0v) is 12.6. The van der Waals surface area contributed by atoms with Crippen molar-refractivity contribution in [3.8, 4) is 0 Å². The van der Waals surface area contributed by atoms with Gasteiger partial charge >= 0.3 is 0 Å². The average Bonchev–Trinajstić information content (AvgIpc) is 3.04. The highest BCUT2D eigenvalue weighted by Gasteiger charge is 2.24. The second kappa shape index (κ2) is 5.68. The first-order chi connectivity index (χ1) is 9.70. The number of carbonyl (C=O) groups excluding carboxylic acids is 1. The van der Waals surface area contributed by atoms with Gasteiger partial charge in [-0.2, -0.15) is 0 Å². The molecule has 1 aliphatic rings. The van der Waals surface area contributed by atoms with Crippen LogP contribution in [0, 0.1) is 0 Å². The Labute approximate surface area is 128 Å². The molecule has 0 unspecified atom stereocenters. The maximum Gasteiger partial charge on any atom is 0.264 e. The van der Waals surface area contributed by atoms with Crippen molar-refractivity contribution < 1.29 is 9.21 Å². The third-order valence-electron chi connectivity index (χ3n) is 2.52. The van der Waals surface area contributed by atoms with Crippen molar-refractivity contribution in [3.05, 3.63) is 57.8 Å². The highest BCUT2D eigenvalue weighted by Crippen LogP contribution is 2.28. The number of halogens is 1. The SMILES string of the molecule is O=C1NC(=Nc2ccc(Br)cc2)SC1=Cc1ccco1. The number of aliphatic imine (C=N–C) groups is 1. The Morgan fingerprint density at radius 1 is 1.25 bits per heavy atom. The molecule has 0 aliphatic carbocycles. The predicted octanol–water partition coefficient (Wildman–Crippen LogP) is 3.93. The minimum Gasteiger partial charge on any atom is -0.465 e. The van der Waals surface area contributed by atoms with Crippen molar-refractivity contribution in [1.82, 2.24) is 5.32 Å². The van der Waals surface area contributed by atoms with Gasteiger partial charge in [-0.15, -0.1) is 0 Å². The van der Waals surface area contributed by atoms with E-state index >= 15 is 0 Å². The molecule has 2 aromatic rings. The lowest BCUT2D eigenvalue weighted by molar-refractivity contribution is -0.115. The standard InChI is InChI=1S/C14H9BrN2O2S/c15-9-3-5-10(6-4-9)16-14-17-13(18)12(20-14)8-11-2-1-7-19-11/h1-8H,(H,16,17,18). The molecule has 6 heteroatoms. The molecule has 0 bridgehead atoms. The van der Waals surface area contributed by atoms with Crippen LogP contribution in [0.5, 0.6) is 0 Å². The van der Waals surface area contributed by atoms with Gasteiger partial charge in [-0.05, 0) is 48.2 Å². The van der Waals surface area contributed by atoms with E-state index in [9.17, 15) is 4.79 Å². The molecule has 1 fully saturated rings. The van der Waals surface area contributed by atoms with Crippen LogP contribution in [0.15, 0.2) is 61.4 Å². The van der Waals surface area contributed by atoms with Crippen molar-refractivity contribution >= 4 is 50.5 Å². The first kappa shape index (κ1) is 13.2. The molecule has 0 atom stereocenters. The molecule has 4 nitrogen and oxygen atoms in total. The van der Waals surface area contributed by atoms with E-state index in [1.54, 1.807) is 24.5 Å². The Balaban J connectivity index is 1.81. The van der Waals surface area contributed by atoms with Crippen LogP contribution in [0.4, 0.5) is 5.69 Å². The van der Waals surface area contributed by atoms with Crippen molar-refractivity contribution in [1.29, 1.82) is 0 Å². The van der Waals surface area contributed by atoms with E-state index in [4.69, 9.17) is 4.42 Å². The second-order valence-corrected chi connectivity index (χ2v) is 5.92. The van der Waals surface area contributed by atoms with Crippen molar-refractivity contribution in [2.45, 2.75) is 0 Å². The number of carbonyl (C=O) groups is 1. The van der Waals surface area contributed by atoms with Crippen LogP contribution >= 0.6 is 27.7 Å². The number of rotatable bonds is 2. The van der Waals surface area contributed by atoms with Gasteiger partial charge in [0.2, 0.25) is 0 Å². The summed E-state index contributed by atoms with van der Waals surface area (Å²) in [6.07, 6.45) is 3.27. The molecule has 2 heterocycles. The largest absolute Gasteiger partial charge is 0.465 e. The summed E-state index contributed by atoms with van der Waals surface area (Å²) in [5.41, 5.74) is 0.787. The van der Waals surface area contributed by atoms with Crippen molar-refractivity contribution in [3.63, 3.8) is 0 Å². The molecule has 1 N–H and O–H groups in total. The summed E-state index contributed by atoms with van der Waals surface area (Å²) in [6.45, 7) is 0. The average molecular weight is 349 g/mol. The Morgan fingerprint density at radius 3 is 2.75 bits per heavy atom. The molecular formula is C14H9BrN2O2S. The summed E-state index contributed by atoms with van der Waals surface area (Å²) >= 11 is 4.66. The molecule has 0 saturated carbocycles. The summed E-state index contributed by atoms with van der Waals surface area (Å²) in [5.74, 6) is 0.481. The quantitative estimate of drug-likeness (QED) is 0.836. The summed E-state index contributed by atoms with van der Waals surface area (Å²) in [4.78, 5) is 16.8. The molecular weight excluding hydrogens is 340 g/mol. The van der Waals surface area contributed by atoms with E-state index in [0.29, 0.717) is 15.8 Å². The van der Waals surface area contributed by atoms with Gasteiger partial charge in [0.05, 0.1) is 16.9 Å². The molecule has 100 valence electrons. The first-order valence-electron chi connectivity index (χ1n) is 5.79. The molecule has 1 saturated heterocycles. The summed E-state index contributed by atoms with van der Waals surface area (Å²) in [7, 11) is 0. The van der Waals surface area contributed by atoms with Crippen LogP contribution in [0.25, 0.3) is 6.08 Å². The summed E-state index contributed by atoms with van der Waals surface area (Å²) < 4.78 is 6.18. The van der Waals surface area contributed by atoms with Gasteiger partial charge < -0.3 is 9.73 Å². The van der Waals surface area contributed by atoms with Gasteiger partial charge in [0.15, 0.2) is 5.17 Å². The topological polar surface area (TPSA) is 54.6 Å². The number of benzene rings is 1. The van der Waals surface area contributed by atoms with E-state index in [0.717, 1.165) is 10.2 Å². The van der Waals surface area contributed by atoms with Crippen LogP contribution in [-0.2, 0) is 4.79 Å². The van der Waals surface area contributed by atoms with Crippen LogP contribution in [-0.4, -0.2) is 11.1 Å². The highest BCUT2D eigenvalue weighted by molar-refractivity contribution is 9.10. The molecule has 1 aromatic carbocycles. The lowest BCUT2D eigenvalue weighted by Gasteiger charge is -1.96. The number of furan rings is 1. The molecule has 0 spiro atoms.